The van der Waals surface area contributed by atoms with Gasteiger partial charge in [0.15, 0.2) is 0 Å². The van der Waals surface area contributed by atoms with Crippen LogP contribution in [0.3, 0.4) is 0 Å². The average Bonchev–Trinajstić information content (AvgIpc) is 2.99. The van der Waals surface area contributed by atoms with E-state index in [-0.39, 0.29) is 35.2 Å². The van der Waals surface area contributed by atoms with E-state index in [0.717, 1.165) is 44.8 Å². The second kappa shape index (κ2) is 14.3. The fraction of sp³-hybridized carbons (Fsp3) is 0.556. The Balaban J connectivity index is 1.52. The highest BCUT2D eigenvalue weighted by atomic mass is 32.1. The maximum absolute atomic E-state index is 14.4. The number of halogens is 3. The molecule has 10 heteroatoms. The predicted molar refractivity (Wildman–Crippen MR) is 175 cm³/mol. The maximum Gasteiger partial charge on any atom is 0.432 e. The number of alkyl halides is 3. The molecule has 2 aromatic carbocycles. The number of nitrogens with zero attached hydrogens (tertiary/aromatic N) is 1. The number of ether oxygens (including phenoxy) is 3. The zero-order chi connectivity index (χ0) is 33.8. The van der Waals surface area contributed by atoms with Gasteiger partial charge in [0.25, 0.3) is 5.60 Å². The summed E-state index contributed by atoms with van der Waals surface area (Å²) in [5, 5.41) is 13.8. The molecule has 0 bridgehead atoms. The van der Waals surface area contributed by atoms with E-state index in [2.05, 4.69) is 36.2 Å². The van der Waals surface area contributed by atoms with E-state index in [4.69, 9.17) is 14.2 Å². The van der Waals surface area contributed by atoms with Gasteiger partial charge in [-0.25, -0.2) is 9.79 Å². The lowest BCUT2D eigenvalue weighted by atomic mass is 9.66. The number of methoxy groups -OCH3 is 1. The molecule has 250 valence electrons. The number of allylic oxidation sites excluding steroid dienone is 1. The first-order valence-corrected chi connectivity index (χ1v) is 16.2. The fourth-order valence-electron chi connectivity index (χ4n) is 6.92. The van der Waals surface area contributed by atoms with Gasteiger partial charge in [-0.05, 0) is 80.4 Å². The molecule has 46 heavy (non-hydrogen) atoms. The first-order chi connectivity index (χ1) is 21.7. The van der Waals surface area contributed by atoms with E-state index in [9.17, 15) is 23.1 Å². The van der Waals surface area contributed by atoms with Crippen LogP contribution in [-0.4, -0.2) is 48.3 Å². The number of isothiocyanates is 1. The molecule has 3 atom stereocenters. The molecule has 1 heterocycles. The maximum atomic E-state index is 14.4. The third-order valence-corrected chi connectivity index (χ3v) is 9.74. The van der Waals surface area contributed by atoms with Gasteiger partial charge in [-0.3, -0.25) is 0 Å². The normalized spacial score (nSPS) is 20.2. The van der Waals surface area contributed by atoms with Crippen molar-refractivity contribution in [2.45, 2.75) is 101 Å². The molecular formula is C36H44F3NO5S. The lowest BCUT2D eigenvalue weighted by Crippen LogP contribution is -2.52. The Morgan fingerprint density at radius 1 is 1.11 bits per heavy atom. The SMILES string of the molecule is COC(C(=O)OCC1=CC[C@@H]2[C@@H](C1)c1c(O)cc(C(C)(C)CCCCCCN=C=S)cc1OC2(C)C)(c1ccccc1)C(F)(F)F. The number of fused-ring (bicyclic) bond motifs is 3. The Kier molecular flexibility index (Phi) is 11.1. The average molecular weight is 660 g/mol. The first kappa shape index (κ1) is 35.7. The molecule has 0 fully saturated rings. The minimum atomic E-state index is -5.05. The van der Waals surface area contributed by atoms with E-state index >= 15 is 0 Å². The van der Waals surface area contributed by atoms with Crippen molar-refractivity contribution in [2.24, 2.45) is 10.9 Å². The molecule has 1 aliphatic carbocycles. The molecule has 4 rings (SSSR count). The van der Waals surface area contributed by atoms with Gasteiger partial charge < -0.3 is 19.3 Å². The Labute approximate surface area is 275 Å². The Morgan fingerprint density at radius 2 is 1.80 bits per heavy atom. The Bertz CT molecular complexity index is 1470. The van der Waals surface area contributed by atoms with Crippen LogP contribution in [0.2, 0.25) is 0 Å². The van der Waals surface area contributed by atoms with Gasteiger partial charge in [0.1, 0.15) is 23.7 Å². The topological polar surface area (TPSA) is 77.4 Å². The number of benzene rings is 2. The van der Waals surface area contributed by atoms with Crippen molar-refractivity contribution in [1.29, 1.82) is 0 Å². The molecule has 0 aromatic heterocycles. The highest BCUT2D eigenvalue weighted by molar-refractivity contribution is 7.78. The molecule has 1 N–H and O–H groups in total. The van der Waals surface area contributed by atoms with Gasteiger partial charge in [-0.2, -0.15) is 13.2 Å². The number of aliphatic imine (C=N–C) groups is 1. The molecule has 0 saturated heterocycles. The van der Waals surface area contributed by atoms with Crippen LogP contribution in [0.25, 0.3) is 0 Å². The van der Waals surface area contributed by atoms with Crippen LogP contribution in [0, 0.1) is 5.92 Å². The van der Waals surface area contributed by atoms with Crippen molar-refractivity contribution in [3.05, 3.63) is 70.8 Å². The molecule has 0 saturated carbocycles. The van der Waals surface area contributed by atoms with Crippen LogP contribution in [0.1, 0.15) is 95.2 Å². The summed E-state index contributed by atoms with van der Waals surface area (Å²) >= 11 is 4.62. The lowest BCUT2D eigenvalue weighted by Gasteiger charge is -2.47. The van der Waals surface area contributed by atoms with Crippen LogP contribution in [0.5, 0.6) is 11.5 Å². The van der Waals surface area contributed by atoms with Gasteiger partial charge in [-0.15, -0.1) is 0 Å². The highest BCUT2D eigenvalue weighted by Gasteiger charge is 2.64. The van der Waals surface area contributed by atoms with Crippen LogP contribution in [-0.2, 0) is 25.3 Å². The molecule has 0 spiro atoms. The molecule has 1 aliphatic heterocycles. The summed E-state index contributed by atoms with van der Waals surface area (Å²) in [5.41, 5.74) is -2.03. The number of hydrogen-bond acceptors (Lipinski definition) is 7. The van der Waals surface area contributed by atoms with Crippen LogP contribution >= 0.6 is 12.2 Å². The largest absolute Gasteiger partial charge is 0.508 e. The van der Waals surface area contributed by atoms with Gasteiger partial charge in [0.2, 0.25) is 0 Å². The Hall–Kier alpha value is -3.20. The zero-order valence-electron chi connectivity index (χ0n) is 27.2. The Morgan fingerprint density at radius 3 is 2.46 bits per heavy atom. The van der Waals surface area contributed by atoms with Crippen molar-refractivity contribution in [1.82, 2.24) is 0 Å². The number of esters is 1. The third-order valence-electron chi connectivity index (χ3n) is 9.61. The number of phenolic OH excluding ortho intramolecular Hbond substituents is 1. The van der Waals surface area contributed by atoms with Crippen molar-refractivity contribution < 1.29 is 37.3 Å². The van der Waals surface area contributed by atoms with Crippen molar-refractivity contribution in [3.8, 4) is 11.5 Å². The zero-order valence-corrected chi connectivity index (χ0v) is 28.0. The van der Waals surface area contributed by atoms with Crippen molar-refractivity contribution >= 4 is 23.3 Å². The molecular weight excluding hydrogens is 615 g/mol. The van der Waals surface area contributed by atoms with Crippen molar-refractivity contribution in [2.75, 3.05) is 20.3 Å². The summed E-state index contributed by atoms with van der Waals surface area (Å²) in [5.74, 6) is -0.937. The van der Waals surface area contributed by atoms with E-state index < -0.39 is 23.3 Å². The number of thiocarbonyl (C=S) groups is 1. The number of unbranched alkanes of at least 4 members (excludes halogenated alkanes) is 3. The first-order valence-electron chi connectivity index (χ1n) is 15.8. The molecule has 2 aromatic rings. The predicted octanol–water partition coefficient (Wildman–Crippen LogP) is 8.96. The lowest BCUT2D eigenvalue weighted by molar-refractivity contribution is -0.276. The molecule has 6 nitrogen and oxygen atoms in total. The smallest absolute Gasteiger partial charge is 0.432 e. The standard InChI is InChI=1S/C36H44F3NO5S/c1-33(2,17-11-6-7-12-18-40-23-46)26-20-29(41)31-27-19-24(15-16-28(27)34(3,4)45-30(31)21-26)22-44-32(42)35(43-5,36(37,38)39)25-13-9-8-10-14-25/h8-10,13-15,20-21,27-28,41H,6-7,11-12,16-19,22H2,1-5H3/t27-,28-,35?/m1/s1. The molecule has 0 amide bonds. The summed E-state index contributed by atoms with van der Waals surface area (Å²) in [7, 11) is 0.853. The molecule has 0 radical (unpaired) electrons. The number of phenols is 1. The van der Waals surface area contributed by atoms with Crippen LogP contribution < -0.4 is 4.74 Å². The van der Waals surface area contributed by atoms with Gasteiger partial charge in [0, 0.05) is 36.6 Å². The van der Waals surface area contributed by atoms with E-state index in [1.807, 2.05) is 32.1 Å². The number of carbonyl (C=O) groups excluding carboxylic acids is 1. The van der Waals surface area contributed by atoms with Gasteiger partial charge in [0.05, 0.1) is 5.16 Å². The number of rotatable bonds is 13. The minimum Gasteiger partial charge on any atom is -0.508 e. The summed E-state index contributed by atoms with van der Waals surface area (Å²) < 4.78 is 59.8. The highest BCUT2D eigenvalue weighted by Crippen LogP contribution is 2.55. The number of hydrogen-bond donors (Lipinski definition) is 1. The van der Waals surface area contributed by atoms with Crippen molar-refractivity contribution in [3.63, 3.8) is 0 Å². The molecule has 2 aliphatic rings. The molecule has 1 unspecified atom stereocenters. The minimum absolute atomic E-state index is 0.00406. The number of aromatic hydroxyl groups is 1. The van der Waals surface area contributed by atoms with E-state index in [1.54, 1.807) is 6.07 Å². The number of carbonyl (C=O) groups is 1. The van der Waals surface area contributed by atoms with Crippen LogP contribution in [0.15, 0.2) is 59.1 Å². The quantitative estimate of drug-likeness (QED) is 0.0761. The summed E-state index contributed by atoms with van der Waals surface area (Å²) in [6.45, 7) is 8.74. The van der Waals surface area contributed by atoms with Gasteiger partial charge >= 0.3 is 12.1 Å². The second-order valence-corrected chi connectivity index (χ2v) is 13.7. The van der Waals surface area contributed by atoms with E-state index in [1.165, 1.54) is 24.3 Å². The monoisotopic (exact) mass is 659 g/mol. The summed E-state index contributed by atoms with van der Waals surface area (Å²) in [4.78, 5) is 17.1. The van der Waals surface area contributed by atoms with Crippen LogP contribution in [0.4, 0.5) is 13.2 Å². The van der Waals surface area contributed by atoms with Gasteiger partial charge in [-0.1, -0.05) is 69.5 Å². The van der Waals surface area contributed by atoms with E-state index in [0.29, 0.717) is 36.3 Å². The summed E-state index contributed by atoms with van der Waals surface area (Å²) in [6.07, 6.45) is 2.88. The third kappa shape index (κ3) is 7.35. The second-order valence-electron chi connectivity index (χ2n) is 13.5. The summed E-state index contributed by atoms with van der Waals surface area (Å²) in [6, 6.07) is 10.6. The fourth-order valence-corrected chi connectivity index (χ4v) is 7.01.